The SMILES string of the molecule is CCN(C(C)CN(C)C)S(=O)(=O)CC1CCNCC1. The molecule has 1 fully saturated rings. The minimum absolute atomic E-state index is 0.0340. The number of hydrogen-bond donors (Lipinski definition) is 1. The van der Waals surface area contributed by atoms with Crippen LogP contribution in [0.4, 0.5) is 0 Å². The largest absolute Gasteiger partial charge is 0.317 e. The summed E-state index contributed by atoms with van der Waals surface area (Å²) in [7, 11) is 0.814. The summed E-state index contributed by atoms with van der Waals surface area (Å²) in [4.78, 5) is 2.04. The molecule has 1 aliphatic rings. The fraction of sp³-hybridized carbons (Fsp3) is 1.00. The van der Waals surface area contributed by atoms with Crippen LogP contribution in [0.25, 0.3) is 0 Å². The minimum Gasteiger partial charge on any atom is -0.317 e. The van der Waals surface area contributed by atoms with Gasteiger partial charge >= 0.3 is 0 Å². The quantitative estimate of drug-likeness (QED) is 0.746. The molecule has 0 saturated carbocycles. The number of sulfonamides is 1. The molecule has 0 amide bonds. The lowest BCUT2D eigenvalue weighted by Crippen LogP contribution is -2.46. The normalized spacial score (nSPS) is 20.1. The van der Waals surface area contributed by atoms with Crippen molar-refractivity contribution >= 4 is 10.0 Å². The molecule has 0 aromatic heterocycles. The molecular formula is C13H29N3O2S. The highest BCUT2D eigenvalue weighted by molar-refractivity contribution is 7.89. The second-order valence-corrected chi connectivity index (χ2v) is 7.75. The van der Waals surface area contributed by atoms with Gasteiger partial charge in [-0.05, 0) is 52.9 Å². The Kier molecular flexibility index (Phi) is 6.73. The Labute approximate surface area is 118 Å². The number of nitrogens with one attached hydrogen (secondary N) is 1. The summed E-state index contributed by atoms with van der Waals surface area (Å²) in [5.74, 6) is 0.618. The topological polar surface area (TPSA) is 52.7 Å². The van der Waals surface area contributed by atoms with Gasteiger partial charge in [-0.15, -0.1) is 0 Å². The van der Waals surface area contributed by atoms with E-state index >= 15 is 0 Å². The standard InChI is InChI=1S/C13H29N3O2S/c1-5-16(12(2)10-15(3)4)19(17,18)11-13-6-8-14-9-7-13/h12-14H,5-11H2,1-4H3. The summed E-state index contributed by atoms with van der Waals surface area (Å²) in [6.07, 6.45) is 1.94. The average Bonchev–Trinajstić information content (AvgIpc) is 2.28. The minimum atomic E-state index is -3.14. The van der Waals surface area contributed by atoms with Gasteiger partial charge in [0.1, 0.15) is 0 Å². The maximum absolute atomic E-state index is 12.5. The summed E-state index contributed by atoms with van der Waals surface area (Å²) in [5.41, 5.74) is 0. The van der Waals surface area contributed by atoms with Crippen LogP contribution >= 0.6 is 0 Å². The van der Waals surface area contributed by atoms with Crippen molar-refractivity contribution < 1.29 is 8.42 Å². The monoisotopic (exact) mass is 291 g/mol. The van der Waals surface area contributed by atoms with Crippen molar-refractivity contribution in [1.29, 1.82) is 0 Å². The molecule has 0 aliphatic carbocycles. The van der Waals surface area contributed by atoms with Crippen LogP contribution in [0, 0.1) is 5.92 Å². The first-order chi connectivity index (χ1) is 8.86. The molecule has 1 aliphatic heterocycles. The average molecular weight is 291 g/mol. The van der Waals surface area contributed by atoms with Gasteiger partial charge in [0, 0.05) is 19.1 Å². The van der Waals surface area contributed by atoms with Crippen molar-refractivity contribution in [3.63, 3.8) is 0 Å². The molecule has 0 spiro atoms. The first-order valence-electron chi connectivity index (χ1n) is 7.21. The molecule has 1 heterocycles. The summed E-state index contributed by atoms with van der Waals surface area (Å²) in [6, 6.07) is 0.0340. The second kappa shape index (κ2) is 7.57. The van der Waals surface area contributed by atoms with E-state index in [4.69, 9.17) is 0 Å². The van der Waals surface area contributed by atoms with E-state index < -0.39 is 10.0 Å². The maximum atomic E-state index is 12.5. The Hall–Kier alpha value is -0.170. The molecule has 1 saturated heterocycles. The van der Waals surface area contributed by atoms with Gasteiger partial charge in [-0.2, -0.15) is 4.31 Å². The Morgan fingerprint density at radius 1 is 1.26 bits per heavy atom. The van der Waals surface area contributed by atoms with Crippen LogP contribution < -0.4 is 5.32 Å². The molecule has 0 aromatic carbocycles. The van der Waals surface area contributed by atoms with E-state index in [2.05, 4.69) is 5.32 Å². The Balaban J connectivity index is 2.65. The van der Waals surface area contributed by atoms with Gasteiger partial charge in [0.25, 0.3) is 0 Å². The van der Waals surface area contributed by atoms with Gasteiger partial charge in [-0.3, -0.25) is 0 Å². The molecule has 1 rings (SSSR count). The van der Waals surface area contributed by atoms with E-state index in [9.17, 15) is 8.42 Å². The van der Waals surface area contributed by atoms with E-state index in [-0.39, 0.29) is 6.04 Å². The summed E-state index contributed by atoms with van der Waals surface area (Å²) in [5, 5.41) is 3.28. The lowest BCUT2D eigenvalue weighted by Gasteiger charge is -2.31. The molecule has 19 heavy (non-hydrogen) atoms. The van der Waals surface area contributed by atoms with Gasteiger partial charge in [-0.25, -0.2) is 8.42 Å². The van der Waals surface area contributed by atoms with Crippen LogP contribution in [0.15, 0.2) is 0 Å². The number of piperidine rings is 1. The van der Waals surface area contributed by atoms with Gasteiger partial charge in [-0.1, -0.05) is 6.92 Å². The summed E-state index contributed by atoms with van der Waals surface area (Å²) >= 11 is 0. The fourth-order valence-electron chi connectivity index (χ4n) is 2.84. The maximum Gasteiger partial charge on any atom is 0.214 e. The van der Waals surface area contributed by atoms with Crippen LogP contribution in [-0.4, -0.2) is 69.7 Å². The van der Waals surface area contributed by atoms with Crippen LogP contribution in [0.2, 0.25) is 0 Å². The third-order valence-electron chi connectivity index (χ3n) is 3.70. The predicted octanol–water partition coefficient (Wildman–Crippen LogP) is 0.588. The number of rotatable bonds is 7. The van der Waals surface area contributed by atoms with Crippen molar-refractivity contribution in [2.45, 2.75) is 32.7 Å². The number of likely N-dealkylation sites (N-methyl/N-ethyl adjacent to an activating group) is 2. The molecular weight excluding hydrogens is 262 g/mol. The third-order valence-corrected chi connectivity index (χ3v) is 5.92. The number of hydrogen-bond acceptors (Lipinski definition) is 4. The lowest BCUT2D eigenvalue weighted by atomic mass is 10.0. The first kappa shape index (κ1) is 16.9. The zero-order chi connectivity index (χ0) is 14.5. The van der Waals surface area contributed by atoms with Gasteiger partial charge < -0.3 is 10.2 Å². The summed E-state index contributed by atoms with van der Waals surface area (Å²) < 4.78 is 26.7. The molecule has 1 atom stereocenters. The zero-order valence-electron chi connectivity index (χ0n) is 12.7. The molecule has 0 bridgehead atoms. The highest BCUT2D eigenvalue weighted by Crippen LogP contribution is 2.18. The number of nitrogens with zero attached hydrogens (tertiary/aromatic N) is 2. The van der Waals surface area contributed by atoms with Crippen molar-refractivity contribution in [2.75, 3.05) is 46.0 Å². The molecule has 1 N–H and O–H groups in total. The van der Waals surface area contributed by atoms with Crippen molar-refractivity contribution in [3.8, 4) is 0 Å². The van der Waals surface area contributed by atoms with E-state index in [0.717, 1.165) is 32.5 Å². The molecule has 0 aromatic rings. The van der Waals surface area contributed by atoms with E-state index in [1.165, 1.54) is 0 Å². The van der Waals surface area contributed by atoms with Crippen molar-refractivity contribution in [2.24, 2.45) is 5.92 Å². The molecule has 6 heteroatoms. The van der Waals surface area contributed by atoms with Crippen LogP contribution in [-0.2, 0) is 10.0 Å². The lowest BCUT2D eigenvalue weighted by molar-refractivity contribution is 0.268. The van der Waals surface area contributed by atoms with E-state index in [0.29, 0.717) is 18.2 Å². The second-order valence-electron chi connectivity index (χ2n) is 5.79. The predicted molar refractivity (Wildman–Crippen MR) is 79.8 cm³/mol. The molecule has 5 nitrogen and oxygen atoms in total. The van der Waals surface area contributed by atoms with Crippen molar-refractivity contribution in [3.05, 3.63) is 0 Å². The van der Waals surface area contributed by atoms with Gasteiger partial charge in [0.05, 0.1) is 5.75 Å². The highest BCUT2D eigenvalue weighted by atomic mass is 32.2. The first-order valence-corrected chi connectivity index (χ1v) is 8.82. The zero-order valence-corrected chi connectivity index (χ0v) is 13.5. The molecule has 114 valence electrons. The summed E-state index contributed by atoms with van der Waals surface area (Å²) in [6.45, 7) is 7.12. The van der Waals surface area contributed by atoms with Gasteiger partial charge in [0.15, 0.2) is 0 Å². The van der Waals surface area contributed by atoms with Gasteiger partial charge in [0.2, 0.25) is 10.0 Å². The van der Waals surface area contributed by atoms with Crippen molar-refractivity contribution in [1.82, 2.24) is 14.5 Å². The Morgan fingerprint density at radius 2 is 1.84 bits per heavy atom. The van der Waals surface area contributed by atoms with Crippen LogP contribution in [0.3, 0.4) is 0 Å². The van der Waals surface area contributed by atoms with Crippen LogP contribution in [0.5, 0.6) is 0 Å². The fourth-order valence-corrected chi connectivity index (χ4v) is 4.97. The van der Waals surface area contributed by atoms with E-state index in [1.54, 1.807) is 4.31 Å². The highest BCUT2D eigenvalue weighted by Gasteiger charge is 2.29. The third kappa shape index (κ3) is 5.38. The van der Waals surface area contributed by atoms with Crippen LogP contribution in [0.1, 0.15) is 26.7 Å². The molecule has 1 unspecified atom stereocenters. The smallest absolute Gasteiger partial charge is 0.214 e. The Morgan fingerprint density at radius 3 is 2.32 bits per heavy atom. The Bertz CT molecular complexity index is 351. The van der Waals surface area contributed by atoms with E-state index in [1.807, 2.05) is 32.8 Å². The molecule has 0 radical (unpaired) electrons.